The monoisotopic (exact) mass is 381 g/mol. The standard InChI is InChI=1S/C17H27N5O5/c1-4-6-11(23)26-9(3)14(27-12(24)7-5-2)10-8-19-15-13(20-10)16(25)22-17(18)21-15/h9-10,14,20H,4-8H2,1-3H3,(H4,18,19,21,22,25)/t9-,10+,14-/m0/s1. The van der Waals surface area contributed by atoms with Crippen LogP contribution >= 0.6 is 0 Å². The molecule has 3 atom stereocenters. The number of hydrogen-bond acceptors (Lipinski definition) is 9. The van der Waals surface area contributed by atoms with Gasteiger partial charge in [0.25, 0.3) is 5.56 Å². The molecule has 0 radical (unpaired) electrons. The molecular weight excluding hydrogens is 354 g/mol. The molecule has 0 bridgehead atoms. The number of ether oxygens (including phenoxy) is 2. The first kappa shape index (κ1) is 20.5. The van der Waals surface area contributed by atoms with Gasteiger partial charge < -0.3 is 25.8 Å². The van der Waals surface area contributed by atoms with E-state index in [9.17, 15) is 14.4 Å². The molecule has 0 aliphatic carbocycles. The van der Waals surface area contributed by atoms with E-state index >= 15 is 0 Å². The molecule has 1 aliphatic heterocycles. The van der Waals surface area contributed by atoms with Crippen LogP contribution in [0.1, 0.15) is 46.5 Å². The maximum atomic E-state index is 12.1. The van der Waals surface area contributed by atoms with Gasteiger partial charge in [-0.15, -0.1) is 0 Å². The number of aromatic nitrogens is 2. The van der Waals surface area contributed by atoms with Gasteiger partial charge in [-0.25, -0.2) is 0 Å². The molecular formula is C17H27N5O5. The molecule has 2 rings (SSSR count). The Balaban J connectivity index is 2.20. The van der Waals surface area contributed by atoms with Crippen molar-refractivity contribution in [1.29, 1.82) is 0 Å². The number of anilines is 3. The topological polar surface area (TPSA) is 148 Å². The third kappa shape index (κ3) is 5.35. The second kappa shape index (κ2) is 9.24. The predicted octanol–water partition coefficient (Wildman–Crippen LogP) is 1.00. The summed E-state index contributed by atoms with van der Waals surface area (Å²) in [6.45, 7) is 5.72. The van der Waals surface area contributed by atoms with E-state index in [1.54, 1.807) is 6.92 Å². The van der Waals surface area contributed by atoms with Crippen molar-refractivity contribution in [2.75, 3.05) is 22.9 Å². The molecule has 0 fully saturated rings. The van der Waals surface area contributed by atoms with E-state index in [1.165, 1.54) is 0 Å². The molecule has 0 saturated carbocycles. The number of esters is 2. The fraction of sp³-hybridized carbons (Fsp3) is 0.647. The van der Waals surface area contributed by atoms with Crippen LogP contribution in [0.5, 0.6) is 0 Å². The number of aromatic amines is 1. The lowest BCUT2D eigenvalue weighted by atomic mass is 10.0. The van der Waals surface area contributed by atoms with E-state index in [1.807, 2.05) is 13.8 Å². The summed E-state index contributed by atoms with van der Waals surface area (Å²) in [5.74, 6) is -0.433. The van der Waals surface area contributed by atoms with E-state index in [4.69, 9.17) is 15.2 Å². The van der Waals surface area contributed by atoms with E-state index in [0.717, 1.165) is 0 Å². The lowest BCUT2D eigenvalue weighted by Crippen LogP contribution is -2.51. The van der Waals surface area contributed by atoms with Crippen LogP contribution in [0, 0.1) is 0 Å². The first-order valence-corrected chi connectivity index (χ1v) is 9.14. The van der Waals surface area contributed by atoms with Crippen LogP contribution in [0.15, 0.2) is 4.79 Å². The zero-order valence-electron chi connectivity index (χ0n) is 15.8. The Morgan fingerprint density at radius 3 is 2.48 bits per heavy atom. The first-order valence-electron chi connectivity index (χ1n) is 9.14. The fourth-order valence-electron chi connectivity index (χ4n) is 2.85. The number of rotatable bonds is 8. The van der Waals surface area contributed by atoms with Crippen molar-refractivity contribution in [3.63, 3.8) is 0 Å². The smallest absolute Gasteiger partial charge is 0.306 e. The maximum Gasteiger partial charge on any atom is 0.306 e. The number of H-pyrrole nitrogens is 1. The van der Waals surface area contributed by atoms with Gasteiger partial charge in [0.05, 0.1) is 6.04 Å². The van der Waals surface area contributed by atoms with Crippen LogP contribution in [0.4, 0.5) is 17.5 Å². The SMILES string of the molecule is CCCC(=O)O[C@@H]([C@H](C)OC(=O)CCC)[C@H]1CNc2nc(N)[nH]c(=O)c2N1. The van der Waals surface area contributed by atoms with E-state index in [0.29, 0.717) is 25.2 Å². The number of hydrogen-bond donors (Lipinski definition) is 4. The van der Waals surface area contributed by atoms with Gasteiger partial charge in [0.2, 0.25) is 5.95 Å². The van der Waals surface area contributed by atoms with Crippen LogP contribution in [0.3, 0.4) is 0 Å². The third-order valence-corrected chi connectivity index (χ3v) is 4.11. The van der Waals surface area contributed by atoms with Gasteiger partial charge in [-0.3, -0.25) is 19.4 Å². The zero-order valence-corrected chi connectivity index (χ0v) is 15.8. The van der Waals surface area contributed by atoms with Crippen molar-refractivity contribution in [2.45, 2.75) is 64.7 Å². The van der Waals surface area contributed by atoms with E-state index in [-0.39, 0.29) is 30.4 Å². The minimum absolute atomic E-state index is 0.000660. The quantitative estimate of drug-likeness (QED) is 0.484. The molecule has 150 valence electrons. The highest BCUT2D eigenvalue weighted by atomic mass is 16.6. The highest BCUT2D eigenvalue weighted by Gasteiger charge is 2.36. The van der Waals surface area contributed by atoms with Gasteiger partial charge in [0.15, 0.2) is 11.9 Å². The van der Waals surface area contributed by atoms with Crippen molar-refractivity contribution in [3.05, 3.63) is 10.4 Å². The Hall–Kier alpha value is -2.78. The van der Waals surface area contributed by atoms with Crippen LogP contribution in [-0.2, 0) is 19.1 Å². The minimum Gasteiger partial charge on any atom is -0.459 e. The normalized spacial score (nSPS) is 17.7. The number of carbonyl (C=O) groups excluding carboxylic acids is 2. The summed E-state index contributed by atoms with van der Waals surface area (Å²) in [7, 11) is 0. The molecule has 0 unspecified atom stereocenters. The molecule has 10 heteroatoms. The van der Waals surface area contributed by atoms with Crippen molar-refractivity contribution >= 4 is 29.4 Å². The average molecular weight is 381 g/mol. The average Bonchev–Trinajstić information content (AvgIpc) is 2.59. The molecule has 0 amide bonds. The Morgan fingerprint density at radius 1 is 1.22 bits per heavy atom. The summed E-state index contributed by atoms with van der Waals surface area (Å²) in [6.07, 6.45) is 0.362. The molecule has 10 nitrogen and oxygen atoms in total. The molecule has 1 aliphatic rings. The number of nitrogens with zero attached hydrogens (tertiary/aromatic N) is 1. The van der Waals surface area contributed by atoms with E-state index < -0.39 is 29.8 Å². The van der Waals surface area contributed by atoms with Crippen molar-refractivity contribution in [2.24, 2.45) is 0 Å². The second-order valence-corrected chi connectivity index (χ2v) is 6.46. The van der Waals surface area contributed by atoms with Gasteiger partial charge in [0, 0.05) is 19.4 Å². The van der Waals surface area contributed by atoms with Crippen molar-refractivity contribution < 1.29 is 19.1 Å². The fourth-order valence-corrected chi connectivity index (χ4v) is 2.85. The molecule has 1 aromatic rings. The number of carbonyl (C=O) groups is 2. The van der Waals surface area contributed by atoms with Crippen LogP contribution < -0.4 is 21.9 Å². The zero-order chi connectivity index (χ0) is 20.0. The maximum absolute atomic E-state index is 12.1. The van der Waals surface area contributed by atoms with Crippen LogP contribution in [0.2, 0.25) is 0 Å². The van der Waals surface area contributed by atoms with Gasteiger partial charge in [-0.1, -0.05) is 13.8 Å². The highest BCUT2D eigenvalue weighted by molar-refractivity contribution is 5.71. The summed E-state index contributed by atoms with van der Waals surface area (Å²) < 4.78 is 11.0. The summed E-state index contributed by atoms with van der Waals surface area (Å²) in [4.78, 5) is 42.5. The number of fused-ring (bicyclic) bond motifs is 1. The van der Waals surface area contributed by atoms with Gasteiger partial charge in [-0.2, -0.15) is 4.98 Å². The van der Waals surface area contributed by atoms with Crippen LogP contribution in [0.25, 0.3) is 0 Å². The Labute approximate surface area is 157 Å². The second-order valence-electron chi connectivity index (χ2n) is 6.46. The molecule has 27 heavy (non-hydrogen) atoms. The predicted molar refractivity (Wildman–Crippen MR) is 100 cm³/mol. The Kier molecular flexibility index (Phi) is 7.03. The number of nitrogen functional groups attached to an aromatic ring is 1. The molecule has 0 aromatic carbocycles. The molecule has 5 N–H and O–H groups in total. The van der Waals surface area contributed by atoms with Gasteiger partial charge in [-0.05, 0) is 19.8 Å². The number of nitrogens with one attached hydrogen (secondary N) is 3. The molecule has 2 heterocycles. The largest absolute Gasteiger partial charge is 0.459 e. The lowest BCUT2D eigenvalue weighted by molar-refractivity contribution is -0.167. The number of nitrogens with two attached hydrogens (primary N) is 1. The van der Waals surface area contributed by atoms with Crippen molar-refractivity contribution in [1.82, 2.24) is 9.97 Å². The Bertz CT molecular complexity index is 735. The van der Waals surface area contributed by atoms with Gasteiger partial charge in [0.1, 0.15) is 11.8 Å². The van der Waals surface area contributed by atoms with Crippen molar-refractivity contribution in [3.8, 4) is 0 Å². The summed E-state index contributed by atoms with van der Waals surface area (Å²) in [5.41, 5.74) is 5.30. The Morgan fingerprint density at radius 2 is 1.85 bits per heavy atom. The van der Waals surface area contributed by atoms with E-state index in [2.05, 4.69) is 20.6 Å². The summed E-state index contributed by atoms with van der Waals surface area (Å²) in [5, 5.41) is 6.04. The first-order chi connectivity index (χ1) is 12.8. The highest BCUT2D eigenvalue weighted by Crippen LogP contribution is 2.24. The molecule has 0 saturated heterocycles. The molecule has 1 aromatic heterocycles. The lowest BCUT2D eigenvalue weighted by Gasteiger charge is -2.35. The summed E-state index contributed by atoms with van der Waals surface area (Å²) in [6, 6.07) is -0.491. The third-order valence-electron chi connectivity index (χ3n) is 4.11. The van der Waals surface area contributed by atoms with Crippen LogP contribution in [-0.4, -0.2) is 46.7 Å². The molecule has 0 spiro atoms. The summed E-state index contributed by atoms with van der Waals surface area (Å²) >= 11 is 0. The van der Waals surface area contributed by atoms with Gasteiger partial charge >= 0.3 is 11.9 Å². The minimum atomic E-state index is -0.776.